The molecule has 1 aromatic rings. The molecule has 0 aliphatic carbocycles. The van der Waals surface area contributed by atoms with Crippen molar-refractivity contribution in [2.75, 3.05) is 18.6 Å². The molecular weight excluding hydrogens is 236 g/mol. The van der Waals surface area contributed by atoms with Gasteiger partial charge >= 0.3 is 5.97 Å². The maximum Gasteiger partial charge on any atom is 0.357 e. The Bertz CT molecular complexity index is 403. The average molecular weight is 254 g/mol. The fourth-order valence-corrected chi connectivity index (χ4v) is 3.20. The molecule has 0 spiro atoms. The zero-order chi connectivity index (χ0) is 12.4. The largest absolute Gasteiger partial charge is 0.464 e. The Balaban J connectivity index is 2.17. The third kappa shape index (κ3) is 2.44. The number of hydrogen-bond donors (Lipinski definition) is 0. The quantitative estimate of drug-likeness (QED) is 0.777. The molecule has 2 rings (SSSR count). The molecule has 1 aliphatic rings. The Morgan fingerprint density at radius 3 is 3.06 bits per heavy atom. The van der Waals surface area contributed by atoms with E-state index in [1.54, 1.807) is 5.38 Å². The molecule has 0 saturated carbocycles. The summed E-state index contributed by atoms with van der Waals surface area (Å²) in [6, 6.07) is 0.548. The van der Waals surface area contributed by atoms with Gasteiger partial charge in [0.05, 0.1) is 7.11 Å². The average Bonchev–Trinajstić information content (AvgIpc) is 2.95. The molecule has 1 aliphatic heterocycles. The number of carbonyl (C=O) groups excluding carboxylic acids is 1. The van der Waals surface area contributed by atoms with Gasteiger partial charge in [0.25, 0.3) is 0 Å². The zero-order valence-corrected chi connectivity index (χ0v) is 11.3. The van der Waals surface area contributed by atoms with Crippen LogP contribution in [0.1, 0.15) is 37.2 Å². The van der Waals surface area contributed by atoms with Gasteiger partial charge < -0.3 is 9.64 Å². The van der Waals surface area contributed by atoms with Crippen LogP contribution in [0.2, 0.25) is 0 Å². The monoisotopic (exact) mass is 254 g/mol. The van der Waals surface area contributed by atoms with Crippen LogP contribution in [0.15, 0.2) is 5.38 Å². The maximum absolute atomic E-state index is 11.4. The highest BCUT2D eigenvalue weighted by Crippen LogP contribution is 2.31. The highest BCUT2D eigenvalue weighted by atomic mass is 32.1. The summed E-state index contributed by atoms with van der Waals surface area (Å²) < 4.78 is 4.67. The van der Waals surface area contributed by atoms with E-state index >= 15 is 0 Å². The van der Waals surface area contributed by atoms with E-state index in [-0.39, 0.29) is 5.97 Å². The van der Waals surface area contributed by atoms with Gasteiger partial charge in [-0.1, -0.05) is 13.8 Å². The molecule has 1 saturated heterocycles. The molecule has 0 amide bonds. The van der Waals surface area contributed by atoms with E-state index in [9.17, 15) is 4.79 Å². The lowest BCUT2D eigenvalue weighted by atomic mass is 10.0. The van der Waals surface area contributed by atoms with E-state index in [2.05, 4.69) is 28.5 Å². The van der Waals surface area contributed by atoms with Crippen molar-refractivity contribution in [3.63, 3.8) is 0 Å². The minimum atomic E-state index is -0.354. The van der Waals surface area contributed by atoms with Crippen molar-refractivity contribution in [1.82, 2.24) is 4.98 Å². The second-order valence-electron chi connectivity index (χ2n) is 4.65. The van der Waals surface area contributed by atoms with Gasteiger partial charge in [-0.15, -0.1) is 11.3 Å². The van der Waals surface area contributed by atoms with Gasteiger partial charge in [0.1, 0.15) is 0 Å². The number of anilines is 1. The van der Waals surface area contributed by atoms with E-state index in [4.69, 9.17) is 0 Å². The highest BCUT2D eigenvalue weighted by Gasteiger charge is 2.29. The van der Waals surface area contributed by atoms with Gasteiger partial charge in [-0.05, 0) is 18.8 Å². The molecule has 1 unspecified atom stereocenters. The van der Waals surface area contributed by atoms with E-state index < -0.39 is 0 Å². The number of esters is 1. The Morgan fingerprint density at radius 2 is 2.41 bits per heavy atom. The molecule has 17 heavy (non-hydrogen) atoms. The third-order valence-electron chi connectivity index (χ3n) is 3.20. The zero-order valence-electron chi connectivity index (χ0n) is 10.5. The number of hydrogen-bond acceptors (Lipinski definition) is 5. The third-order valence-corrected chi connectivity index (χ3v) is 4.08. The molecule has 1 aromatic heterocycles. The minimum Gasteiger partial charge on any atom is -0.464 e. The van der Waals surface area contributed by atoms with Crippen molar-refractivity contribution in [2.45, 2.75) is 32.7 Å². The smallest absolute Gasteiger partial charge is 0.357 e. The predicted octanol–water partition coefficient (Wildman–Crippen LogP) is 2.55. The van der Waals surface area contributed by atoms with Crippen LogP contribution in [0.3, 0.4) is 0 Å². The normalized spacial score (nSPS) is 20.0. The standard InChI is InChI=1S/C12H18N2O2S/c1-8(2)10-5-4-6-14(10)12-13-9(7-17-12)11(15)16-3/h7-8,10H,4-6H2,1-3H3. The van der Waals surface area contributed by atoms with Gasteiger partial charge in [0.15, 0.2) is 10.8 Å². The first-order valence-corrected chi connectivity index (χ1v) is 6.82. The second kappa shape index (κ2) is 5.04. The van der Waals surface area contributed by atoms with E-state index in [0.29, 0.717) is 17.7 Å². The lowest BCUT2D eigenvalue weighted by Gasteiger charge is -2.26. The van der Waals surface area contributed by atoms with Gasteiger partial charge in [-0.3, -0.25) is 0 Å². The molecule has 4 nitrogen and oxygen atoms in total. The van der Waals surface area contributed by atoms with Crippen LogP contribution in [0.5, 0.6) is 0 Å². The lowest BCUT2D eigenvalue weighted by molar-refractivity contribution is 0.0595. The fraction of sp³-hybridized carbons (Fsp3) is 0.667. The van der Waals surface area contributed by atoms with Crippen LogP contribution in [0.25, 0.3) is 0 Å². The Labute approximate surface area is 106 Å². The molecule has 1 atom stereocenters. The van der Waals surface area contributed by atoms with Crippen molar-refractivity contribution in [2.24, 2.45) is 5.92 Å². The predicted molar refractivity (Wildman–Crippen MR) is 68.7 cm³/mol. The van der Waals surface area contributed by atoms with Gasteiger partial charge in [0, 0.05) is 18.0 Å². The topological polar surface area (TPSA) is 42.4 Å². The molecule has 5 heteroatoms. The fourth-order valence-electron chi connectivity index (χ4n) is 2.32. The molecule has 0 aromatic carbocycles. The Kier molecular flexibility index (Phi) is 3.66. The second-order valence-corrected chi connectivity index (χ2v) is 5.49. The summed E-state index contributed by atoms with van der Waals surface area (Å²) in [5.41, 5.74) is 0.418. The minimum absolute atomic E-state index is 0.354. The van der Waals surface area contributed by atoms with Crippen LogP contribution in [0.4, 0.5) is 5.13 Å². The number of aromatic nitrogens is 1. The highest BCUT2D eigenvalue weighted by molar-refractivity contribution is 7.13. The van der Waals surface area contributed by atoms with Crippen molar-refractivity contribution < 1.29 is 9.53 Å². The molecule has 2 heterocycles. The number of thiazole rings is 1. The summed E-state index contributed by atoms with van der Waals surface area (Å²) in [5, 5.41) is 2.72. The summed E-state index contributed by atoms with van der Waals surface area (Å²) in [5.74, 6) is 0.260. The van der Waals surface area contributed by atoms with Crippen LogP contribution in [-0.4, -0.2) is 30.6 Å². The lowest BCUT2D eigenvalue weighted by Crippen LogP contribution is -2.33. The number of nitrogens with zero attached hydrogens (tertiary/aromatic N) is 2. The van der Waals surface area contributed by atoms with Crippen molar-refractivity contribution in [3.8, 4) is 0 Å². The number of carbonyl (C=O) groups is 1. The molecule has 0 N–H and O–H groups in total. The van der Waals surface area contributed by atoms with Crippen LogP contribution in [0, 0.1) is 5.92 Å². The summed E-state index contributed by atoms with van der Waals surface area (Å²) in [7, 11) is 1.38. The summed E-state index contributed by atoms with van der Waals surface area (Å²) >= 11 is 1.53. The summed E-state index contributed by atoms with van der Waals surface area (Å²) in [4.78, 5) is 18.0. The SMILES string of the molecule is COC(=O)c1csc(N2CCCC2C(C)C)n1. The summed E-state index contributed by atoms with van der Waals surface area (Å²) in [6.45, 7) is 5.51. The number of rotatable bonds is 3. The van der Waals surface area contributed by atoms with E-state index in [1.807, 2.05) is 0 Å². The molecule has 0 radical (unpaired) electrons. The van der Waals surface area contributed by atoms with Gasteiger partial charge in [-0.2, -0.15) is 0 Å². The van der Waals surface area contributed by atoms with Gasteiger partial charge in [-0.25, -0.2) is 9.78 Å². The molecule has 0 bridgehead atoms. The number of methoxy groups -OCH3 is 1. The Hall–Kier alpha value is -1.10. The Morgan fingerprint density at radius 1 is 1.65 bits per heavy atom. The maximum atomic E-state index is 11.4. The van der Waals surface area contributed by atoms with Crippen molar-refractivity contribution in [3.05, 3.63) is 11.1 Å². The summed E-state index contributed by atoms with van der Waals surface area (Å²) in [6.07, 6.45) is 2.42. The van der Waals surface area contributed by atoms with Gasteiger partial charge in [0.2, 0.25) is 0 Å². The van der Waals surface area contributed by atoms with Crippen LogP contribution >= 0.6 is 11.3 Å². The van der Waals surface area contributed by atoms with Crippen LogP contribution in [-0.2, 0) is 4.74 Å². The molecular formula is C12H18N2O2S. The molecule has 94 valence electrons. The van der Waals surface area contributed by atoms with E-state index in [1.165, 1.54) is 31.3 Å². The van der Waals surface area contributed by atoms with E-state index in [0.717, 1.165) is 11.7 Å². The molecule has 1 fully saturated rings. The first kappa shape index (κ1) is 12.4. The first-order valence-electron chi connectivity index (χ1n) is 5.94. The number of ether oxygens (including phenoxy) is 1. The van der Waals surface area contributed by atoms with Crippen LogP contribution < -0.4 is 4.90 Å². The van der Waals surface area contributed by atoms with Crippen molar-refractivity contribution in [1.29, 1.82) is 0 Å². The van der Waals surface area contributed by atoms with Crippen molar-refractivity contribution >= 4 is 22.4 Å². The first-order chi connectivity index (χ1) is 8.13.